The minimum atomic E-state index is -0.859. The third-order valence-electron chi connectivity index (χ3n) is 3.64. The number of aryl methyl sites for hydroxylation is 1. The Morgan fingerprint density at radius 1 is 1.40 bits per heavy atom. The maximum Gasteiger partial charge on any atom is 0.308 e. The van der Waals surface area contributed by atoms with E-state index < -0.39 is 11.9 Å². The molecule has 1 N–H and O–H groups in total. The number of methoxy groups -OCH3 is 1. The molecule has 0 saturated carbocycles. The molecule has 2 rings (SSSR count). The number of carboxylic acid groups (broad SMARTS) is 1. The summed E-state index contributed by atoms with van der Waals surface area (Å²) < 4.78 is 5.13. The van der Waals surface area contributed by atoms with E-state index in [9.17, 15) is 9.59 Å². The van der Waals surface area contributed by atoms with Gasteiger partial charge in [0, 0.05) is 18.8 Å². The van der Waals surface area contributed by atoms with Gasteiger partial charge in [-0.3, -0.25) is 9.59 Å². The average molecular weight is 278 g/mol. The highest BCUT2D eigenvalue weighted by molar-refractivity contribution is 5.97. The molecule has 6 nitrogen and oxygen atoms in total. The number of carbonyl (C=O) groups is 2. The van der Waals surface area contributed by atoms with Crippen LogP contribution in [0.3, 0.4) is 0 Å². The lowest BCUT2D eigenvalue weighted by molar-refractivity contribution is -0.142. The van der Waals surface area contributed by atoms with E-state index in [4.69, 9.17) is 9.84 Å². The van der Waals surface area contributed by atoms with E-state index in [1.807, 2.05) is 13.8 Å². The summed E-state index contributed by atoms with van der Waals surface area (Å²) in [6.07, 6.45) is 0. The maximum atomic E-state index is 12.5. The average Bonchev–Trinajstić information content (AvgIpc) is 2.80. The van der Waals surface area contributed by atoms with Gasteiger partial charge in [-0.2, -0.15) is 0 Å². The summed E-state index contributed by atoms with van der Waals surface area (Å²) in [7, 11) is 1.46. The van der Waals surface area contributed by atoms with E-state index in [0.29, 0.717) is 12.1 Å². The summed E-state index contributed by atoms with van der Waals surface area (Å²) in [6, 6.07) is 3.41. The van der Waals surface area contributed by atoms with E-state index >= 15 is 0 Å². The summed E-state index contributed by atoms with van der Waals surface area (Å²) in [6.45, 7) is 4.32. The summed E-state index contributed by atoms with van der Waals surface area (Å²) in [5.74, 6) is -1.38. The zero-order chi connectivity index (χ0) is 14.9. The van der Waals surface area contributed by atoms with Crippen molar-refractivity contribution in [1.82, 2.24) is 9.88 Å². The molecule has 0 spiro atoms. The van der Waals surface area contributed by atoms with Crippen molar-refractivity contribution in [1.29, 1.82) is 0 Å². The largest absolute Gasteiger partial charge is 0.481 e. The molecular formula is C14H18N2O4. The van der Waals surface area contributed by atoms with Crippen molar-refractivity contribution in [3.63, 3.8) is 0 Å². The number of rotatable bonds is 3. The fourth-order valence-corrected chi connectivity index (χ4v) is 2.48. The molecule has 1 aliphatic heterocycles. The van der Waals surface area contributed by atoms with Gasteiger partial charge in [-0.25, -0.2) is 4.98 Å². The Morgan fingerprint density at radius 3 is 2.65 bits per heavy atom. The van der Waals surface area contributed by atoms with Gasteiger partial charge in [0.1, 0.15) is 5.56 Å². The fraction of sp³-hybridized carbons (Fsp3) is 0.500. The van der Waals surface area contributed by atoms with Crippen LogP contribution in [-0.2, 0) is 4.79 Å². The van der Waals surface area contributed by atoms with E-state index in [1.54, 1.807) is 17.0 Å². The van der Waals surface area contributed by atoms with Crippen molar-refractivity contribution in [3.05, 3.63) is 23.4 Å². The number of carbonyl (C=O) groups excluding carboxylic acids is 1. The lowest BCUT2D eigenvalue weighted by Crippen LogP contribution is -2.30. The maximum absolute atomic E-state index is 12.5. The zero-order valence-corrected chi connectivity index (χ0v) is 11.8. The van der Waals surface area contributed by atoms with Crippen molar-refractivity contribution in [2.75, 3.05) is 20.2 Å². The standard InChI is InChI=1S/C14H18N2O4/c1-8-6-16(7-11(8)14(18)19)13(17)10-5-4-9(2)15-12(10)20-3/h4-5,8,11H,6-7H2,1-3H3,(H,18,19)/t8-,11-/m1/s1. The van der Waals surface area contributed by atoms with E-state index in [2.05, 4.69) is 4.98 Å². The molecule has 0 aliphatic carbocycles. The van der Waals surface area contributed by atoms with E-state index in [0.717, 1.165) is 5.69 Å². The molecule has 1 fully saturated rings. The van der Waals surface area contributed by atoms with Crippen LogP contribution in [0.15, 0.2) is 12.1 Å². The van der Waals surface area contributed by atoms with Crippen molar-refractivity contribution in [3.8, 4) is 5.88 Å². The van der Waals surface area contributed by atoms with Gasteiger partial charge in [0.05, 0.1) is 13.0 Å². The van der Waals surface area contributed by atoms with Crippen LogP contribution in [0.25, 0.3) is 0 Å². The van der Waals surface area contributed by atoms with Gasteiger partial charge in [-0.1, -0.05) is 6.92 Å². The molecule has 0 bridgehead atoms. The highest BCUT2D eigenvalue weighted by Gasteiger charge is 2.37. The van der Waals surface area contributed by atoms with Crippen molar-refractivity contribution in [2.45, 2.75) is 13.8 Å². The minimum absolute atomic E-state index is 0.0548. The van der Waals surface area contributed by atoms with Crippen molar-refractivity contribution in [2.24, 2.45) is 11.8 Å². The molecule has 2 heterocycles. The number of likely N-dealkylation sites (tertiary alicyclic amines) is 1. The number of carboxylic acids is 1. The second-order valence-corrected chi connectivity index (χ2v) is 5.14. The molecule has 1 aromatic heterocycles. The van der Waals surface area contributed by atoms with Gasteiger partial charge in [0.2, 0.25) is 5.88 Å². The molecule has 108 valence electrons. The van der Waals surface area contributed by atoms with Crippen LogP contribution in [0.2, 0.25) is 0 Å². The van der Waals surface area contributed by atoms with Crippen LogP contribution in [0.5, 0.6) is 5.88 Å². The van der Waals surface area contributed by atoms with Crippen LogP contribution >= 0.6 is 0 Å². The van der Waals surface area contributed by atoms with E-state index in [1.165, 1.54) is 7.11 Å². The third kappa shape index (κ3) is 2.59. The summed E-state index contributed by atoms with van der Waals surface area (Å²) in [5.41, 5.74) is 1.13. The Labute approximate surface area is 117 Å². The molecular weight excluding hydrogens is 260 g/mol. The molecule has 1 amide bonds. The topological polar surface area (TPSA) is 79.7 Å². The molecule has 1 aromatic rings. The quantitative estimate of drug-likeness (QED) is 0.898. The smallest absolute Gasteiger partial charge is 0.308 e. The minimum Gasteiger partial charge on any atom is -0.481 e. The van der Waals surface area contributed by atoms with Crippen LogP contribution in [0.1, 0.15) is 23.0 Å². The Kier molecular flexibility index (Phi) is 3.92. The number of hydrogen-bond acceptors (Lipinski definition) is 4. The van der Waals surface area contributed by atoms with Gasteiger partial charge in [0.15, 0.2) is 0 Å². The van der Waals surface area contributed by atoms with Gasteiger partial charge >= 0.3 is 5.97 Å². The van der Waals surface area contributed by atoms with Crippen LogP contribution < -0.4 is 4.74 Å². The zero-order valence-electron chi connectivity index (χ0n) is 11.8. The molecule has 0 unspecified atom stereocenters. The predicted octanol–water partition coefficient (Wildman–Crippen LogP) is 1.19. The first-order valence-electron chi connectivity index (χ1n) is 6.47. The van der Waals surface area contributed by atoms with Crippen LogP contribution in [0.4, 0.5) is 0 Å². The molecule has 20 heavy (non-hydrogen) atoms. The summed E-state index contributed by atoms with van der Waals surface area (Å²) in [5, 5.41) is 9.12. The van der Waals surface area contributed by atoms with Crippen LogP contribution in [0, 0.1) is 18.8 Å². The number of aromatic nitrogens is 1. The first-order valence-corrected chi connectivity index (χ1v) is 6.47. The highest BCUT2D eigenvalue weighted by Crippen LogP contribution is 2.26. The Bertz CT molecular complexity index is 544. The predicted molar refractivity (Wildman–Crippen MR) is 71.7 cm³/mol. The lowest BCUT2D eigenvalue weighted by Gasteiger charge is -2.17. The highest BCUT2D eigenvalue weighted by atomic mass is 16.5. The number of amides is 1. The monoisotopic (exact) mass is 278 g/mol. The number of nitrogens with zero attached hydrogens (tertiary/aromatic N) is 2. The van der Waals surface area contributed by atoms with Gasteiger partial charge in [0.25, 0.3) is 5.91 Å². The van der Waals surface area contributed by atoms with E-state index in [-0.39, 0.29) is 24.2 Å². The molecule has 0 aromatic carbocycles. The van der Waals surface area contributed by atoms with Gasteiger partial charge < -0.3 is 14.7 Å². The number of pyridine rings is 1. The molecule has 2 atom stereocenters. The van der Waals surface area contributed by atoms with Crippen LogP contribution in [-0.4, -0.2) is 47.1 Å². The van der Waals surface area contributed by atoms with Crippen molar-refractivity contribution < 1.29 is 19.4 Å². The second-order valence-electron chi connectivity index (χ2n) is 5.14. The van der Waals surface area contributed by atoms with Gasteiger partial charge in [-0.15, -0.1) is 0 Å². The third-order valence-corrected chi connectivity index (χ3v) is 3.64. The van der Waals surface area contributed by atoms with Crippen molar-refractivity contribution >= 4 is 11.9 Å². The lowest BCUT2D eigenvalue weighted by atomic mass is 9.99. The SMILES string of the molecule is COc1nc(C)ccc1C(=O)N1C[C@@H](C)[C@H](C(=O)O)C1. The number of ether oxygens (including phenoxy) is 1. The summed E-state index contributed by atoms with van der Waals surface area (Å²) >= 11 is 0. The molecule has 1 saturated heterocycles. The fourth-order valence-electron chi connectivity index (χ4n) is 2.48. The van der Waals surface area contributed by atoms with Gasteiger partial charge in [-0.05, 0) is 25.0 Å². The Balaban J connectivity index is 2.23. The Hall–Kier alpha value is -2.11. The number of hydrogen-bond donors (Lipinski definition) is 1. The second kappa shape index (κ2) is 5.48. The molecule has 1 aliphatic rings. The first-order chi connectivity index (χ1) is 9.43. The first kappa shape index (κ1) is 14.3. The molecule has 0 radical (unpaired) electrons. The Morgan fingerprint density at radius 2 is 2.10 bits per heavy atom. The summed E-state index contributed by atoms with van der Waals surface area (Å²) in [4.78, 5) is 29.3. The molecule has 6 heteroatoms. The normalized spacial score (nSPS) is 21.9. The number of aliphatic carboxylic acids is 1.